The van der Waals surface area contributed by atoms with Crippen LogP contribution in [-0.2, 0) is 4.79 Å². The average molecular weight is 281 g/mol. The van der Waals surface area contributed by atoms with Crippen LogP contribution in [0.25, 0.3) is 0 Å². The van der Waals surface area contributed by atoms with Crippen LogP contribution in [0.3, 0.4) is 0 Å². The summed E-state index contributed by atoms with van der Waals surface area (Å²) in [4.78, 5) is 14.6. The van der Waals surface area contributed by atoms with Crippen LogP contribution >= 0.6 is 0 Å². The first-order valence-electron chi connectivity index (χ1n) is 7.55. The molecule has 0 saturated heterocycles. The second kappa shape index (κ2) is 7.07. The van der Waals surface area contributed by atoms with E-state index in [2.05, 4.69) is 24.3 Å². The van der Waals surface area contributed by atoms with Crippen molar-refractivity contribution in [2.45, 2.75) is 26.8 Å². The molecule has 0 aliphatic rings. The standard InChI is InChI=1S/C19H23NO/c1-4-20(19(21)15(2)3)18(16-11-7-5-8-12-16)17-13-9-6-10-14-17/h5-15,18H,4H2,1-3H3. The minimum Gasteiger partial charge on any atom is -0.332 e. The molecule has 0 aliphatic heterocycles. The van der Waals surface area contributed by atoms with Crippen LogP contribution in [0.1, 0.15) is 37.9 Å². The molecule has 0 heterocycles. The summed E-state index contributed by atoms with van der Waals surface area (Å²) >= 11 is 0. The van der Waals surface area contributed by atoms with Gasteiger partial charge in [-0.15, -0.1) is 0 Å². The van der Waals surface area contributed by atoms with Crippen molar-refractivity contribution in [3.63, 3.8) is 0 Å². The van der Waals surface area contributed by atoms with E-state index in [1.54, 1.807) is 0 Å². The van der Waals surface area contributed by atoms with Crippen molar-refractivity contribution in [1.82, 2.24) is 4.90 Å². The minimum absolute atomic E-state index is 0.000116. The molecule has 0 spiro atoms. The summed E-state index contributed by atoms with van der Waals surface area (Å²) in [7, 11) is 0. The van der Waals surface area contributed by atoms with Gasteiger partial charge in [0.1, 0.15) is 0 Å². The van der Waals surface area contributed by atoms with E-state index in [4.69, 9.17) is 0 Å². The zero-order valence-electron chi connectivity index (χ0n) is 13.0. The van der Waals surface area contributed by atoms with Crippen molar-refractivity contribution < 1.29 is 4.79 Å². The maximum absolute atomic E-state index is 12.6. The number of nitrogens with zero attached hydrogens (tertiary/aromatic N) is 1. The van der Waals surface area contributed by atoms with Crippen LogP contribution in [0.2, 0.25) is 0 Å². The highest BCUT2D eigenvalue weighted by Crippen LogP contribution is 2.29. The molecule has 2 aromatic carbocycles. The van der Waals surface area contributed by atoms with Gasteiger partial charge in [-0.2, -0.15) is 0 Å². The molecule has 0 radical (unpaired) electrons. The van der Waals surface area contributed by atoms with Crippen molar-refractivity contribution in [3.05, 3.63) is 71.8 Å². The largest absolute Gasteiger partial charge is 0.332 e. The van der Waals surface area contributed by atoms with E-state index in [0.717, 1.165) is 11.1 Å². The molecule has 0 aromatic heterocycles. The van der Waals surface area contributed by atoms with E-state index in [1.807, 2.05) is 62.1 Å². The van der Waals surface area contributed by atoms with E-state index in [1.165, 1.54) is 0 Å². The molecular formula is C19H23NO. The molecule has 21 heavy (non-hydrogen) atoms. The zero-order valence-corrected chi connectivity index (χ0v) is 13.0. The second-order valence-corrected chi connectivity index (χ2v) is 5.50. The van der Waals surface area contributed by atoms with Gasteiger partial charge >= 0.3 is 0 Å². The molecule has 0 N–H and O–H groups in total. The van der Waals surface area contributed by atoms with Gasteiger partial charge in [0, 0.05) is 12.5 Å². The molecule has 2 rings (SSSR count). The Bertz CT molecular complexity index is 523. The first-order chi connectivity index (χ1) is 10.1. The quantitative estimate of drug-likeness (QED) is 0.801. The molecule has 2 aromatic rings. The van der Waals surface area contributed by atoms with E-state index >= 15 is 0 Å². The van der Waals surface area contributed by atoms with Crippen molar-refractivity contribution in [3.8, 4) is 0 Å². The Morgan fingerprint density at radius 2 is 1.33 bits per heavy atom. The van der Waals surface area contributed by atoms with Gasteiger partial charge in [0.2, 0.25) is 5.91 Å². The summed E-state index contributed by atoms with van der Waals surface area (Å²) in [5, 5.41) is 0. The number of carbonyl (C=O) groups excluding carboxylic acids is 1. The summed E-state index contributed by atoms with van der Waals surface area (Å²) in [5.74, 6) is 0.190. The van der Waals surface area contributed by atoms with Crippen LogP contribution in [0, 0.1) is 5.92 Å². The molecule has 0 fully saturated rings. The first-order valence-corrected chi connectivity index (χ1v) is 7.55. The third-order valence-electron chi connectivity index (χ3n) is 3.66. The third kappa shape index (κ3) is 3.52. The summed E-state index contributed by atoms with van der Waals surface area (Å²) < 4.78 is 0. The number of hydrogen-bond donors (Lipinski definition) is 0. The highest BCUT2D eigenvalue weighted by atomic mass is 16.2. The maximum Gasteiger partial charge on any atom is 0.225 e. The Morgan fingerprint density at radius 1 is 0.905 bits per heavy atom. The minimum atomic E-state index is -0.0210. The molecule has 2 heteroatoms. The summed E-state index contributed by atoms with van der Waals surface area (Å²) in [5.41, 5.74) is 2.30. The van der Waals surface area contributed by atoms with Gasteiger partial charge in [0.15, 0.2) is 0 Å². The van der Waals surface area contributed by atoms with Gasteiger partial charge in [-0.1, -0.05) is 74.5 Å². The van der Waals surface area contributed by atoms with E-state index < -0.39 is 0 Å². The van der Waals surface area contributed by atoms with Crippen molar-refractivity contribution in [2.75, 3.05) is 6.54 Å². The van der Waals surface area contributed by atoms with Crippen LogP contribution in [0.5, 0.6) is 0 Å². The monoisotopic (exact) mass is 281 g/mol. The fraction of sp³-hybridized carbons (Fsp3) is 0.316. The zero-order chi connectivity index (χ0) is 15.2. The lowest BCUT2D eigenvalue weighted by molar-refractivity contribution is -0.136. The number of rotatable bonds is 5. The predicted octanol–water partition coefficient (Wildman–Crippen LogP) is 4.28. The molecule has 0 aliphatic carbocycles. The van der Waals surface area contributed by atoms with Crippen molar-refractivity contribution in [2.24, 2.45) is 5.92 Å². The highest BCUT2D eigenvalue weighted by Gasteiger charge is 2.26. The van der Waals surface area contributed by atoms with Gasteiger partial charge in [0.25, 0.3) is 0 Å². The van der Waals surface area contributed by atoms with Gasteiger partial charge in [-0.3, -0.25) is 4.79 Å². The Labute approximate surface area is 127 Å². The van der Waals surface area contributed by atoms with Crippen LogP contribution in [0.4, 0.5) is 0 Å². The maximum atomic E-state index is 12.6. The Morgan fingerprint density at radius 3 is 1.67 bits per heavy atom. The molecular weight excluding hydrogens is 258 g/mol. The van der Waals surface area contributed by atoms with Gasteiger partial charge in [0.05, 0.1) is 6.04 Å². The third-order valence-corrected chi connectivity index (χ3v) is 3.66. The van der Waals surface area contributed by atoms with E-state index in [9.17, 15) is 4.79 Å². The molecule has 1 amide bonds. The van der Waals surface area contributed by atoms with Crippen LogP contribution in [-0.4, -0.2) is 17.4 Å². The Hall–Kier alpha value is -2.09. The smallest absolute Gasteiger partial charge is 0.225 e. The summed E-state index contributed by atoms with van der Waals surface area (Å²) in [6.45, 7) is 6.65. The van der Waals surface area contributed by atoms with Gasteiger partial charge < -0.3 is 4.90 Å². The lowest BCUT2D eigenvalue weighted by Gasteiger charge is -2.33. The SMILES string of the molecule is CCN(C(=O)C(C)C)C(c1ccccc1)c1ccccc1. The van der Waals surface area contributed by atoms with Crippen molar-refractivity contribution >= 4 is 5.91 Å². The lowest BCUT2D eigenvalue weighted by Crippen LogP contribution is -2.38. The predicted molar refractivity (Wildman–Crippen MR) is 87.0 cm³/mol. The average Bonchev–Trinajstić information content (AvgIpc) is 2.53. The number of amides is 1. The van der Waals surface area contributed by atoms with Gasteiger partial charge in [-0.05, 0) is 18.1 Å². The number of carbonyl (C=O) groups is 1. The van der Waals surface area contributed by atoms with E-state index in [0.29, 0.717) is 6.54 Å². The van der Waals surface area contributed by atoms with E-state index in [-0.39, 0.29) is 17.9 Å². The summed E-state index contributed by atoms with van der Waals surface area (Å²) in [6.07, 6.45) is 0. The molecule has 110 valence electrons. The Balaban J connectivity index is 2.48. The molecule has 2 nitrogen and oxygen atoms in total. The lowest BCUT2D eigenvalue weighted by atomic mass is 9.96. The topological polar surface area (TPSA) is 20.3 Å². The molecule has 0 bridgehead atoms. The van der Waals surface area contributed by atoms with Gasteiger partial charge in [-0.25, -0.2) is 0 Å². The first kappa shape index (κ1) is 15.3. The summed E-state index contributed by atoms with van der Waals surface area (Å²) in [6, 6.07) is 20.5. The molecule has 0 unspecified atom stereocenters. The number of benzene rings is 2. The number of hydrogen-bond acceptors (Lipinski definition) is 1. The fourth-order valence-corrected chi connectivity index (χ4v) is 2.62. The normalized spacial score (nSPS) is 10.9. The van der Waals surface area contributed by atoms with Crippen LogP contribution < -0.4 is 0 Å². The highest BCUT2D eigenvalue weighted by molar-refractivity contribution is 5.79. The molecule has 0 atom stereocenters. The molecule has 0 saturated carbocycles. The Kier molecular flexibility index (Phi) is 5.15. The second-order valence-electron chi connectivity index (χ2n) is 5.50. The fourth-order valence-electron chi connectivity index (χ4n) is 2.62. The van der Waals surface area contributed by atoms with Crippen LogP contribution in [0.15, 0.2) is 60.7 Å². The van der Waals surface area contributed by atoms with Crippen molar-refractivity contribution in [1.29, 1.82) is 0 Å².